The van der Waals surface area contributed by atoms with Gasteiger partial charge in [-0.05, 0) is 18.2 Å². The zero-order chi connectivity index (χ0) is 21.0. The van der Waals surface area contributed by atoms with Gasteiger partial charge in [-0.15, -0.1) is 5.11 Å². The Hall–Kier alpha value is -2.89. The number of nitrogens with one attached hydrogen (secondary N) is 1. The van der Waals surface area contributed by atoms with E-state index in [0.29, 0.717) is 6.67 Å². The smallest absolute Gasteiger partial charge is 0.259 e. The molecule has 0 spiro atoms. The summed E-state index contributed by atoms with van der Waals surface area (Å²) in [4.78, 5) is 13.8. The summed E-state index contributed by atoms with van der Waals surface area (Å²) in [5, 5.41) is 10.7. The Morgan fingerprint density at radius 2 is 1.82 bits per heavy atom. The van der Waals surface area contributed by atoms with Gasteiger partial charge >= 0.3 is 0 Å². The van der Waals surface area contributed by atoms with Crippen molar-refractivity contribution in [3.8, 4) is 0 Å². The summed E-state index contributed by atoms with van der Waals surface area (Å²) in [5.41, 5.74) is 1.78. The normalized spacial score (nSPS) is 10.9. The monoisotopic (exact) mass is 409 g/mol. The Morgan fingerprint density at radius 1 is 1.18 bits per heavy atom. The van der Waals surface area contributed by atoms with Crippen LogP contribution in [0.4, 0.5) is 11.4 Å². The number of pyridine rings is 1. The van der Waals surface area contributed by atoms with E-state index >= 15 is 0 Å². The number of azo groups is 1. The van der Waals surface area contributed by atoms with Crippen molar-refractivity contribution >= 4 is 27.7 Å². The van der Waals surface area contributed by atoms with Gasteiger partial charge in [0.05, 0.1) is 7.11 Å². The Bertz CT molecular complexity index is 873. The first-order valence-corrected chi connectivity index (χ1v) is 9.40. The van der Waals surface area contributed by atoms with E-state index in [-0.39, 0.29) is 12.5 Å². The Labute approximate surface area is 164 Å². The number of amides is 1. The third kappa shape index (κ3) is 10.3. The minimum absolute atomic E-state index is 0.0135. The van der Waals surface area contributed by atoms with E-state index in [1.165, 1.54) is 0 Å². The van der Waals surface area contributed by atoms with Crippen LogP contribution in [0.5, 0.6) is 0 Å². The molecule has 0 saturated carbocycles. The SMILES string of the molecule is CN(C)c1cccc(NC(=O)CN=NC[n+]2ccccc2)c1.COS(=O)(=O)[O-]. The average Bonchev–Trinajstić information content (AvgIpc) is 2.66. The Balaban J connectivity index is 0.000000568. The van der Waals surface area contributed by atoms with Crippen molar-refractivity contribution in [3.63, 3.8) is 0 Å². The van der Waals surface area contributed by atoms with Crippen LogP contribution in [0.1, 0.15) is 0 Å². The van der Waals surface area contributed by atoms with Gasteiger partial charge in [0.2, 0.25) is 16.3 Å². The molecular formula is C17H23N5O5S. The van der Waals surface area contributed by atoms with E-state index < -0.39 is 10.4 Å². The predicted molar refractivity (Wildman–Crippen MR) is 102 cm³/mol. The second kappa shape index (κ2) is 11.7. The van der Waals surface area contributed by atoms with Gasteiger partial charge in [0.15, 0.2) is 12.4 Å². The Kier molecular flexibility index (Phi) is 9.71. The highest BCUT2D eigenvalue weighted by Crippen LogP contribution is 2.17. The van der Waals surface area contributed by atoms with Crippen molar-refractivity contribution in [1.82, 2.24) is 0 Å². The molecule has 1 N–H and O–H groups in total. The lowest BCUT2D eigenvalue weighted by Crippen LogP contribution is -2.30. The van der Waals surface area contributed by atoms with E-state index in [9.17, 15) is 17.8 Å². The molecule has 0 bridgehead atoms. The number of aromatic nitrogens is 1. The van der Waals surface area contributed by atoms with Crippen LogP contribution in [-0.4, -0.2) is 46.6 Å². The summed E-state index contributed by atoms with van der Waals surface area (Å²) in [7, 11) is 0.305. The van der Waals surface area contributed by atoms with Gasteiger partial charge in [-0.3, -0.25) is 8.98 Å². The third-order valence-corrected chi connectivity index (χ3v) is 3.58. The van der Waals surface area contributed by atoms with Crippen LogP contribution in [0, 0.1) is 0 Å². The zero-order valence-corrected chi connectivity index (χ0v) is 16.7. The summed E-state index contributed by atoms with van der Waals surface area (Å²) in [6, 6.07) is 13.4. The first kappa shape index (κ1) is 23.1. The van der Waals surface area contributed by atoms with Crippen molar-refractivity contribution < 1.29 is 26.5 Å². The number of benzene rings is 1. The maximum atomic E-state index is 11.8. The summed E-state index contributed by atoms with van der Waals surface area (Å²) in [6.45, 7) is 0.420. The summed E-state index contributed by atoms with van der Waals surface area (Å²) >= 11 is 0. The van der Waals surface area contributed by atoms with Crippen molar-refractivity contribution in [3.05, 3.63) is 54.9 Å². The van der Waals surface area contributed by atoms with E-state index in [2.05, 4.69) is 19.7 Å². The standard InChI is InChI=1S/C16H19N5O.CH4O4S/c1-20(2)15-8-6-7-14(11-15)19-16(22)12-17-18-13-21-9-4-3-5-10-21;1-5-6(2,3)4/h3-11H,12-13H2,1-2H3;1H3,(H,2,3,4). The summed E-state index contributed by atoms with van der Waals surface area (Å²) in [5.74, 6) is -0.183. The van der Waals surface area contributed by atoms with E-state index in [4.69, 9.17) is 0 Å². The van der Waals surface area contributed by atoms with Crippen LogP contribution >= 0.6 is 0 Å². The fourth-order valence-corrected chi connectivity index (χ4v) is 1.82. The molecule has 1 aromatic heterocycles. The van der Waals surface area contributed by atoms with Crippen LogP contribution in [0.3, 0.4) is 0 Å². The molecule has 1 heterocycles. The first-order chi connectivity index (χ1) is 13.2. The van der Waals surface area contributed by atoms with Gasteiger partial charge in [-0.2, -0.15) is 9.68 Å². The van der Waals surface area contributed by atoms with Gasteiger partial charge in [-0.1, -0.05) is 12.1 Å². The zero-order valence-electron chi connectivity index (χ0n) is 15.8. The molecule has 2 aromatic rings. The van der Waals surface area contributed by atoms with E-state index in [1.54, 1.807) is 0 Å². The molecular weight excluding hydrogens is 386 g/mol. The topological polar surface area (TPSA) is 127 Å². The van der Waals surface area contributed by atoms with Gasteiger partial charge in [0, 0.05) is 37.6 Å². The van der Waals surface area contributed by atoms with Crippen molar-refractivity contribution in [2.45, 2.75) is 6.67 Å². The molecule has 152 valence electrons. The second-order valence-electron chi connectivity index (χ2n) is 5.54. The lowest BCUT2D eigenvalue weighted by molar-refractivity contribution is -0.696. The van der Waals surface area contributed by atoms with E-state index in [0.717, 1.165) is 18.5 Å². The molecule has 0 radical (unpaired) electrons. The van der Waals surface area contributed by atoms with Gasteiger partial charge < -0.3 is 14.8 Å². The van der Waals surface area contributed by atoms with Crippen LogP contribution < -0.4 is 14.8 Å². The number of hydrogen-bond donors (Lipinski definition) is 1. The number of nitrogens with zero attached hydrogens (tertiary/aromatic N) is 4. The summed E-state index contributed by atoms with van der Waals surface area (Å²) in [6.07, 6.45) is 3.79. The molecule has 0 unspecified atom stereocenters. The molecule has 1 amide bonds. The number of anilines is 2. The minimum atomic E-state index is -4.41. The second-order valence-corrected chi connectivity index (χ2v) is 6.69. The number of hydrogen-bond acceptors (Lipinski definition) is 8. The summed E-state index contributed by atoms with van der Waals surface area (Å²) < 4.78 is 32.9. The fraction of sp³-hybridized carbons (Fsp3) is 0.294. The quantitative estimate of drug-likeness (QED) is 0.317. The van der Waals surface area contributed by atoms with Crippen molar-refractivity contribution in [2.24, 2.45) is 10.2 Å². The first-order valence-electron chi connectivity index (χ1n) is 8.07. The molecule has 0 aliphatic carbocycles. The van der Waals surface area contributed by atoms with Gasteiger partial charge in [0.25, 0.3) is 6.67 Å². The molecule has 1 aromatic carbocycles. The fourth-order valence-electron chi connectivity index (χ4n) is 1.82. The highest BCUT2D eigenvalue weighted by atomic mass is 32.3. The molecule has 0 saturated heterocycles. The van der Waals surface area contributed by atoms with E-state index in [1.807, 2.05) is 78.4 Å². The molecule has 0 aliphatic heterocycles. The van der Waals surface area contributed by atoms with Crippen LogP contribution in [0.2, 0.25) is 0 Å². The molecule has 2 rings (SSSR count). The van der Waals surface area contributed by atoms with Crippen molar-refractivity contribution in [1.29, 1.82) is 0 Å². The minimum Gasteiger partial charge on any atom is -0.726 e. The van der Waals surface area contributed by atoms with Crippen LogP contribution in [-0.2, 0) is 26.0 Å². The molecule has 0 atom stereocenters. The Morgan fingerprint density at radius 3 is 2.39 bits per heavy atom. The number of rotatable bonds is 7. The lowest BCUT2D eigenvalue weighted by atomic mass is 10.2. The number of carbonyl (C=O) groups is 1. The molecule has 28 heavy (non-hydrogen) atoms. The number of carbonyl (C=O) groups excluding carboxylic acids is 1. The van der Waals surface area contributed by atoms with Crippen LogP contribution in [0.15, 0.2) is 65.1 Å². The predicted octanol–water partition coefficient (Wildman–Crippen LogP) is 1.18. The maximum absolute atomic E-state index is 11.8. The third-order valence-electron chi connectivity index (χ3n) is 3.17. The van der Waals surface area contributed by atoms with Crippen molar-refractivity contribution in [2.75, 3.05) is 38.0 Å². The average molecular weight is 409 g/mol. The molecule has 10 nitrogen and oxygen atoms in total. The molecule has 0 fully saturated rings. The molecule has 11 heteroatoms. The van der Waals surface area contributed by atoms with Gasteiger partial charge in [-0.25, -0.2) is 8.42 Å². The van der Waals surface area contributed by atoms with Gasteiger partial charge in [0.1, 0.15) is 6.54 Å². The highest BCUT2D eigenvalue weighted by Gasteiger charge is 2.03. The maximum Gasteiger partial charge on any atom is 0.259 e. The highest BCUT2D eigenvalue weighted by molar-refractivity contribution is 7.80. The lowest BCUT2D eigenvalue weighted by Gasteiger charge is -2.13. The molecule has 0 aliphatic rings. The largest absolute Gasteiger partial charge is 0.726 e. The van der Waals surface area contributed by atoms with Crippen LogP contribution in [0.25, 0.3) is 0 Å².